The Morgan fingerprint density at radius 2 is 2.00 bits per heavy atom. The van der Waals surface area contributed by atoms with Crippen LogP contribution in [0.3, 0.4) is 0 Å². The summed E-state index contributed by atoms with van der Waals surface area (Å²) in [6.45, 7) is 3.81. The average Bonchev–Trinajstić information content (AvgIpc) is 2.36. The first-order valence-electron chi connectivity index (χ1n) is 6.34. The molecule has 20 heavy (non-hydrogen) atoms. The highest BCUT2D eigenvalue weighted by molar-refractivity contribution is 7.90. The Kier molecular flexibility index (Phi) is 5.28. The molecule has 112 valence electrons. The van der Waals surface area contributed by atoms with Crippen LogP contribution < -0.4 is 0 Å². The van der Waals surface area contributed by atoms with Crippen molar-refractivity contribution in [3.63, 3.8) is 0 Å². The maximum atomic E-state index is 14.0. The standard InChI is InChI=1S/C14H19FO4S/c1-5-6-9(2)10-7-12(15)11(14(16)19-3)8-13(10)20(4,17)18/h7-9H,5-6H2,1-4H3. The van der Waals surface area contributed by atoms with Crippen LogP contribution in [0.25, 0.3) is 0 Å². The number of benzene rings is 1. The number of sulfone groups is 1. The lowest BCUT2D eigenvalue weighted by Gasteiger charge is -2.16. The Bertz CT molecular complexity index is 608. The van der Waals surface area contributed by atoms with Crippen LogP contribution in [0.15, 0.2) is 17.0 Å². The van der Waals surface area contributed by atoms with Crippen LogP contribution in [0.1, 0.15) is 48.5 Å². The summed E-state index contributed by atoms with van der Waals surface area (Å²) in [5, 5.41) is 0. The highest BCUT2D eigenvalue weighted by Gasteiger charge is 2.23. The van der Waals surface area contributed by atoms with Crippen molar-refractivity contribution in [3.05, 3.63) is 29.1 Å². The van der Waals surface area contributed by atoms with Gasteiger partial charge in [0.05, 0.1) is 17.6 Å². The molecular weight excluding hydrogens is 283 g/mol. The molecule has 0 heterocycles. The average molecular weight is 302 g/mol. The van der Waals surface area contributed by atoms with E-state index < -0.39 is 21.6 Å². The predicted octanol–water partition coefficient (Wildman–Crippen LogP) is 2.92. The van der Waals surface area contributed by atoms with Crippen molar-refractivity contribution in [2.45, 2.75) is 37.5 Å². The summed E-state index contributed by atoms with van der Waals surface area (Å²) in [5.41, 5.74) is 0.0416. The number of hydrogen-bond acceptors (Lipinski definition) is 4. The van der Waals surface area contributed by atoms with Gasteiger partial charge in [-0.25, -0.2) is 17.6 Å². The largest absolute Gasteiger partial charge is 0.465 e. The van der Waals surface area contributed by atoms with Gasteiger partial charge in [0.2, 0.25) is 0 Å². The van der Waals surface area contributed by atoms with E-state index in [0.717, 1.165) is 38.3 Å². The lowest BCUT2D eigenvalue weighted by Crippen LogP contribution is -2.11. The van der Waals surface area contributed by atoms with E-state index in [0.29, 0.717) is 5.56 Å². The van der Waals surface area contributed by atoms with Crippen molar-refractivity contribution < 1.29 is 22.3 Å². The summed E-state index contributed by atoms with van der Waals surface area (Å²) in [7, 11) is -2.43. The zero-order valence-electron chi connectivity index (χ0n) is 12.1. The van der Waals surface area contributed by atoms with Gasteiger partial charge >= 0.3 is 5.97 Å². The van der Waals surface area contributed by atoms with Crippen molar-refractivity contribution in [3.8, 4) is 0 Å². The third-order valence-electron chi connectivity index (χ3n) is 3.16. The second-order valence-electron chi connectivity index (χ2n) is 4.82. The number of carbonyl (C=O) groups excluding carboxylic acids is 1. The van der Waals surface area contributed by atoms with Gasteiger partial charge in [0.1, 0.15) is 5.82 Å². The molecule has 0 fully saturated rings. The monoisotopic (exact) mass is 302 g/mol. The van der Waals surface area contributed by atoms with Gasteiger partial charge in [-0.2, -0.15) is 0 Å². The van der Waals surface area contributed by atoms with Gasteiger partial charge in [-0.1, -0.05) is 20.3 Å². The Balaban J connectivity index is 3.53. The third kappa shape index (κ3) is 3.56. The minimum atomic E-state index is -3.55. The molecule has 0 N–H and O–H groups in total. The Morgan fingerprint density at radius 1 is 1.40 bits per heavy atom. The van der Waals surface area contributed by atoms with E-state index in [4.69, 9.17) is 0 Å². The van der Waals surface area contributed by atoms with Crippen LogP contribution in [0.5, 0.6) is 0 Å². The second-order valence-corrected chi connectivity index (χ2v) is 6.81. The van der Waals surface area contributed by atoms with Gasteiger partial charge in [0, 0.05) is 6.26 Å². The van der Waals surface area contributed by atoms with Crippen molar-refractivity contribution in [1.82, 2.24) is 0 Å². The molecule has 1 atom stereocenters. The molecule has 0 aliphatic carbocycles. The van der Waals surface area contributed by atoms with E-state index in [-0.39, 0.29) is 16.4 Å². The summed E-state index contributed by atoms with van der Waals surface area (Å²) < 4.78 is 42.1. The van der Waals surface area contributed by atoms with Gasteiger partial charge in [-0.3, -0.25) is 0 Å². The fourth-order valence-electron chi connectivity index (χ4n) is 2.13. The van der Waals surface area contributed by atoms with E-state index in [2.05, 4.69) is 4.74 Å². The third-order valence-corrected chi connectivity index (χ3v) is 4.31. The number of carbonyl (C=O) groups is 1. The Labute approximate surface area is 118 Å². The number of ether oxygens (including phenoxy) is 1. The van der Waals surface area contributed by atoms with E-state index >= 15 is 0 Å². The quantitative estimate of drug-likeness (QED) is 0.620. The lowest BCUT2D eigenvalue weighted by molar-refractivity contribution is 0.0595. The maximum absolute atomic E-state index is 14.0. The number of methoxy groups -OCH3 is 1. The van der Waals surface area contributed by atoms with E-state index in [1.54, 1.807) is 0 Å². The maximum Gasteiger partial charge on any atom is 0.340 e. The fraction of sp³-hybridized carbons (Fsp3) is 0.500. The number of halogens is 1. The summed E-state index contributed by atoms with van der Waals surface area (Å²) >= 11 is 0. The summed E-state index contributed by atoms with van der Waals surface area (Å²) in [4.78, 5) is 11.4. The molecular formula is C14H19FO4S. The van der Waals surface area contributed by atoms with Crippen molar-refractivity contribution in [2.75, 3.05) is 13.4 Å². The van der Waals surface area contributed by atoms with Crippen molar-refractivity contribution >= 4 is 15.8 Å². The summed E-state index contributed by atoms with van der Waals surface area (Å²) in [6.07, 6.45) is 2.63. The van der Waals surface area contributed by atoms with Crippen LogP contribution >= 0.6 is 0 Å². The van der Waals surface area contributed by atoms with Crippen LogP contribution in [0.4, 0.5) is 4.39 Å². The second kappa shape index (κ2) is 6.35. The number of esters is 1. The SMILES string of the molecule is CCCC(C)c1cc(F)c(C(=O)OC)cc1S(C)(=O)=O. The van der Waals surface area contributed by atoms with E-state index in [1.165, 1.54) is 0 Å². The van der Waals surface area contributed by atoms with Gasteiger partial charge in [-0.15, -0.1) is 0 Å². The molecule has 4 nitrogen and oxygen atoms in total. The molecule has 1 rings (SSSR count). The van der Waals surface area contributed by atoms with Crippen molar-refractivity contribution in [1.29, 1.82) is 0 Å². The Hall–Kier alpha value is -1.43. The molecule has 1 unspecified atom stereocenters. The smallest absolute Gasteiger partial charge is 0.340 e. The molecule has 0 radical (unpaired) electrons. The van der Waals surface area contributed by atoms with Gasteiger partial charge in [0.25, 0.3) is 0 Å². The Morgan fingerprint density at radius 3 is 2.45 bits per heavy atom. The van der Waals surface area contributed by atoms with Crippen LogP contribution in [0, 0.1) is 5.82 Å². The molecule has 0 aliphatic heterocycles. The lowest BCUT2D eigenvalue weighted by atomic mass is 9.95. The summed E-state index contributed by atoms with van der Waals surface area (Å²) in [6, 6.07) is 2.20. The van der Waals surface area contributed by atoms with E-state index in [1.807, 2.05) is 13.8 Å². The van der Waals surface area contributed by atoms with Crippen LogP contribution in [-0.2, 0) is 14.6 Å². The minimum Gasteiger partial charge on any atom is -0.465 e. The van der Waals surface area contributed by atoms with Gasteiger partial charge in [0.15, 0.2) is 9.84 Å². The fourth-order valence-corrected chi connectivity index (χ4v) is 3.15. The molecule has 0 aromatic heterocycles. The topological polar surface area (TPSA) is 60.4 Å². The molecule has 1 aromatic carbocycles. The first-order valence-corrected chi connectivity index (χ1v) is 8.23. The molecule has 0 saturated carbocycles. The van der Waals surface area contributed by atoms with Gasteiger partial charge < -0.3 is 4.74 Å². The highest BCUT2D eigenvalue weighted by Crippen LogP contribution is 2.30. The molecule has 0 amide bonds. The van der Waals surface area contributed by atoms with Gasteiger partial charge in [-0.05, 0) is 30.0 Å². The minimum absolute atomic E-state index is 0.0137. The zero-order valence-corrected chi connectivity index (χ0v) is 12.9. The number of rotatable bonds is 5. The first kappa shape index (κ1) is 16.6. The predicted molar refractivity (Wildman–Crippen MR) is 74.2 cm³/mol. The van der Waals surface area contributed by atoms with E-state index in [9.17, 15) is 17.6 Å². The van der Waals surface area contributed by atoms with Crippen LogP contribution in [0.2, 0.25) is 0 Å². The molecule has 0 aliphatic rings. The zero-order chi connectivity index (χ0) is 15.5. The highest BCUT2D eigenvalue weighted by atomic mass is 32.2. The molecule has 0 bridgehead atoms. The molecule has 0 spiro atoms. The summed E-state index contributed by atoms with van der Waals surface area (Å²) in [5.74, 6) is -1.75. The number of hydrogen-bond donors (Lipinski definition) is 0. The van der Waals surface area contributed by atoms with Crippen LogP contribution in [-0.4, -0.2) is 27.8 Å². The normalized spacial score (nSPS) is 13.1. The molecule has 1 aromatic rings. The first-order chi connectivity index (χ1) is 9.22. The molecule has 0 saturated heterocycles. The van der Waals surface area contributed by atoms with Crippen molar-refractivity contribution in [2.24, 2.45) is 0 Å². The molecule has 6 heteroatoms.